The fourth-order valence-electron chi connectivity index (χ4n) is 3.10. The van der Waals surface area contributed by atoms with Crippen LogP contribution in [-0.2, 0) is 0 Å². The molecule has 0 saturated heterocycles. The molecule has 0 spiro atoms. The Balaban J connectivity index is 1.75. The van der Waals surface area contributed by atoms with Gasteiger partial charge in [0, 0.05) is 16.5 Å². The van der Waals surface area contributed by atoms with E-state index >= 15 is 0 Å². The van der Waals surface area contributed by atoms with E-state index < -0.39 is 5.82 Å². The van der Waals surface area contributed by atoms with E-state index in [-0.39, 0.29) is 5.52 Å². The van der Waals surface area contributed by atoms with E-state index in [2.05, 4.69) is 4.98 Å². The molecular formula is C23H16FNO2. The van der Waals surface area contributed by atoms with Gasteiger partial charge in [0.2, 0.25) is 0 Å². The van der Waals surface area contributed by atoms with Crippen LogP contribution in [0.2, 0.25) is 0 Å². The van der Waals surface area contributed by atoms with E-state index in [1.165, 1.54) is 6.07 Å². The molecule has 0 unspecified atom stereocenters. The summed E-state index contributed by atoms with van der Waals surface area (Å²) in [6.07, 6.45) is 0.735. The van der Waals surface area contributed by atoms with Crippen molar-refractivity contribution in [3.05, 3.63) is 84.2 Å². The number of para-hydroxylation sites is 1. The number of halogens is 1. The lowest BCUT2D eigenvalue weighted by Crippen LogP contribution is -1.94. The number of carbonyl (C=O) groups is 1. The highest BCUT2D eigenvalue weighted by Gasteiger charge is 2.10. The number of carbonyl (C=O) groups excluding carboxylic acids is 1. The van der Waals surface area contributed by atoms with E-state index in [1.807, 2.05) is 48.5 Å². The van der Waals surface area contributed by atoms with E-state index in [0.717, 1.165) is 28.7 Å². The molecule has 0 bridgehead atoms. The maximum Gasteiger partial charge on any atom is 0.150 e. The Bertz CT molecular complexity index is 1120. The lowest BCUT2D eigenvalue weighted by atomic mass is 10.0. The van der Waals surface area contributed by atoms with Gasteiger partial charge < -0.3 is 4.74 Å². The number of hydrogen-bond acceptors (Lipinski definition) is 3. The number of rotatable bonds is 4. The Morgan fingerprint density at radius 2 is 1.52 bits per heavy atom. The Labute approximate surface area is 156 Å². The summed E-state index contributed by atoms with van der Waals surface area (Å²) in [5.74, 6) is 0.367. The number of ether oxygens (including phenoxy) is 1. The molecule has 0 amide bonds. The number of aldehydes is 1. The molecule has 0 aliphatic carbocycles. The van der Waals surface area contributed by atoms with Gasteiger partial charge in [0.1, 0.15) is 17.1 Å². The predicted molar refractivity (Wildman–Crippen MR) is 105 cm³/mol. The Hall–Kier alpha value is -3.53. The van der Waals surface area contributed by atoms with Crippen LogP contribution in [0.3, 0.4) is 0 Å². The number of methoxy groups -OCH3 is 1. The van der Waals surface area contributed by atoms with E-state index in [4.69, 9.17) is 4.74 Å². The van der Waals surface area contributed by atoms with Gasteiger partial charge in [-0.25, -0.2) is 9.37 Å². The van der Waals surface area contributed by atoms with Crippen molar-refractivity contribution in [1.82, 2.24) is 4.98 Å². The van der Waals surface area contributed by atoms with Gasteiger partial charge in [-0.15, -0.1) is 0 Å². The first-order chi connectivity index (χ1) is 13.2. The van der Waals surface area contributed by atoms with Crippen molar-refractivity contribution < 1.29 is 13.9 Å². The van der Waals surface area contributed by atoms with Crippen molar-refractivity contribution in [1.29, 1.82) is 0 Å². The minimum atomic E-state index is -0.438. The Morgan fingerprint density at radius 3 is 2.15 bits per heavy atom. The normalized spacial score (nSPS) is 10.7. The number of aromatic nitrogens is 1. The molecule has 27 heavy (non-hydrogen) atoms. The monoisotopic (exact) mass is 357 g/mol. The summed E-state index contributed by atoms with van der Waals surface area (Å²) in [7, 11) is 1.64. The van der Waals surface area contributed by atoms with Gasteiger partial charge in [-0.05, 0) is 35.4 Å². The van der Waals surface area contributed by atoms with E-state index in [1.54, 1.807) is 25.3 Å². The third-order valence-electron chi connectivity index (χ3n) is 4.55. The molecular weight excluding hydrogens is 341 g/mol. The molecule has 3 nitrogen and oxygen atoms in total. The fourth-order valence-corrected chi connectivity index (χ4v) is 3.10. The van der Waals surface area contributed by atoms with Crippen LogP contribution in [0.5, 0.6) is 5.75 Å². The van der Waals surface area contributed by atoms with Gasteiger partial charge in [-0.2, -0.15) is 0 Å². The second kappa shape index (κ2) is 7.00. The largest absolute Gasteiger partial charge is 0.497 e. The molecule has 4 aromatic rings. The molecule has 3 aromatic carbocycles. The maximum absolute atomic E-state index is 14.2. The summed E-state index contributed by atoms with van der Waals surface area (Å²) in [4.78, 5) is 15.9. The molecule has 4 rings (SSSR count). The van der Waals surface area contributed by atoms with Gasteiger partial charge >= 0.3 is 0 Å². The molecule has 1 heterocycles. The summed E-state index contributed by atoms with van der Waals surface area (Å²) >= 11 is 0. The van der Waals surface area contributed by atoms with Crippen LogP contribution in [0.25, 0.3) is 33.3 Å². The van der Waals surface area contributed by atoms with Crippen LogP contribution in [0, 0.1) is 5.82 Å². The molecule has 132 valence electrons. The highest BCUT2D eigenvalue weighted by molar-refractivity contribution is 5.98. The Morgan fingerprint density at radius 1 is 0.889 bits per heavy atom. The van der Waals surface area contributed by atoms with Crippen molar-refractivity contribution in [3.63, 3.8) is 0 Å². The number of benzene rings is 3. The maximum atomic E-state index is 14.2. The van der Waals surface area contributed by atoms with Gasteiger partial charge in [0.05, 0.1) is 12.8 Å². The van der Waals surface area contributed by atoms with Gasteiger partial charge in [-0.3, -0.25) is 4.79 Å². The minimum Gasteiger partial charge on any atom is -0.497 e. The predicted octanol–water partition coefficient (Wildman–Crippen LogP) is 5.53. The van der Waals surface area contributed by atoms with Crippen LogP contribution in [0.1, 0.15) is 10.4 Å². The average Bonchev–Trinajstić information content (AvgIpc) is 2.73. The second-order valence-corrected chi connectivity index (χ2v) is 6.16. The molecule has 0 N–H and O–H groups in total. The number of fused-ring (bicyclic) bond motifs is 1. The van der Waals surface area contributed by atoms with Crippen molar-refractivity contribution >= 4 is 17.2 Å². The van der Waals surface area contributed by atoms with Crippen LogP contribution in [-0.4, -0.2) is 18.4 Å². The number of pyridine rings is 1. The summed E-state index contributed by atoms with van der Waals surface area (Å²) in [6.45, 7) is 0. The SMILES string of the molecule is COc1ccc(-c2ccc(-c3cc(C=O)c4cccc(F)c4n3)cc2)cc1. The van der Waals surface area contributed by atoms with Crippen LogP contribution in [0.4, 0.5) is 4.39 Å². The highest BCUT2D eigenvalue weighted by Crippen LogP contribution is 2.28. The molecule has 1 aromatic heterocycles. The minimum absolute atomic E-state index is 0.205. The van der Waals surface area contributed by atoms with Crippen LogP contribution >= 0.6 is 0 Å². The first-order valence-corrected chi connectivity index (χ1v) is 8.49. The van der Waals surface area contributed by atoms with Crippen LogP contribution in [0.15, 0.2) is 72.8 Å². The van der Waals surface area contributed by atoms with Crippen LogP contribution < -0.4 is 4.74 Å². The van der Waals surface area contributed by atoms with Gasteiger partial charge in [0.15, 0.2) is 6.29 Å². The molecule has 0 saturated carbocycles. The fraction of sp³-hybridized carbons (Fsp3) is 0.0435. The number of nitrogens with zero attached hydrogens (tertiary/aromatic N) is 1. The molecule has 4 heteroatoms. The standard InChI is InChI=1S/C23H16FNO2/c1-27-19-11-9-16(10-12-19)15-5-7-17(8-6-15)22-13-18(14-26)20-3-2-4-21(24)23(20)25-22/h2-14H,1H3. The smallest absolute Gasteiger partial charge is 0.150 e. The second-order valence-electron chi connectivity index (χ2n) is 6.16. The molecule has 0 atom stereocenters. The summed E-state index contributed by atoms with van der Waals surface area (Å²) in [5, 5.41) is 0.517. The van der Waals surface area contributed by atoms with Crippen molar-refractivity contribution in [3.8, 4) is 28.1 Å². The third kappa shape index (κ3) is 3.17. The zero-order valence-corrected chi connectivity index (χ0v) is 14.6. The van der Waals surface area contributed by atoms with E-state index in [0.29, 0.717) is 16.6 Å². The molecule has 0 radical (unpaired) electrons. The molecule has 0 fully saturated rings. The zero-order valence-electron chi connectivity index (χ0n) is 14.6. The van der Waals surface area contributed by atoms with Crippen molar-refractivity contribution in [2.24, 2.45) is 0 Å². The lowest BCUT2D eigenvalue weighted by Gasteiger charge is -2.08. The third-order valence-corrected chi connectivity index (χ3v) is 4.55. The topological polar surface area (TPSA) is 39.2 Å². The van der Waals surface area contributed by atoms with Crippen molar-refractivity contribution in [2.45, 2.75) is 0 Å². The summed E-state index contributed by atoms with van der Waals surface area (Å²) in [5.41, 5.74) is 4.12. The first-order valence-electron chi connectivity index (χ1n) is 8.49. The summed E-state index contributed by atoms with van der Waals surface area (Å²) < 4.78 is 19.3. The first kappa shape index (κ1) is 16.9. The molecule has 0 aliphatic rings. The zero-order chi connectivity index (χ0) is 18.8. The molecule has 0 aliphatic heterocycles. The quantitative estimate of drug-likeness (QED) is 0.451. The summed E-state index contributed by atoms with van der Waals surface area (Å²) in [6, 6.07) is 21.9. The average molecular weight is 357 g/mol. The van der Waals surface area contributed by atoms with Crippen molar-refractivity contribution in [2.75, 3.05) is 7.11 Å². The highest BCUT2D eigenvalue weighted by atomic mass is 19.1. The van der Waals surface area contributed by atoms with E-state index in [9.17, 15) is 9.18 Å². The Kier molecular flexibility index (Phi) is 4.38. The van der Waals surface area contributed by atoms with Gasteiger partial charge in [-0.1, -0.05) is 48.5 Å². The lowest BCUT2D eigenvalue weighted by molar-refractivity contribution is 0.112. The van der Waals surface area contributed by atoms with Gasteiger partial charge in [0.25, 0.3) is 0 Å². The number of hydrogen-bond donors (Lipinski definition) is 0.